The van der Waals surface area contributed by atoms with Crippen molar-refractivity contribution in [3.8, 4) is 5.75 Å². The number of Topliss-reactive ketones (excluding diaryl/α,β-unsaturated/α-hetero) is 1. The highest BCUT2D eigenvalue weighted by molar-refractivity contribution is 6.24. The van der Waals surface area contributed by atoms with E-state index in [9.17, 15) is 29.3 Å². The van der Waals surface area contributed by atoms with Crippen LogP contribution in [0.5, 0.6) is 5.75 Å². The van der Waals surface area contributed by atoms with E-state index < -0.39 is 40.5 Å². The van der Waals surface area contributed by atoms with Gasteiger partial charge in [-0.05, 0) is 43.2 Å². The van der Waals surface area contributed by atoms with E-state index in [0.29, 0.717) is 37.2 Å². The van der Waals surface area contributed by atoms with Crippen LogP contribution in [0.4, 0.5) is 5.69 Å². The van der Waals surface area contributed by atoms with Crippen LogP contribution in [-0.2, 0) is 4.79 Å². The molecule has 10 heteroatoms. The quantitative estimate of drug-likeness (QED) is 0.378. The molecule has 10 nitrogen and oxygen atoms in total. The van der Waals surface area contributed by atoms with Crippen molar-refractivity contribution in [2.24, 2.45) is 0 Å². The lowest BCUT2D eigenvalue weighted by atomic mass is 9.82. The number of nitrogens with zero attached hydrogens (tertiary/aromatic N) is 3. The van der Waals surface area contributed by atoms with Crippen LogP contribution in [0.3, 0.4) is 0 Å². The average Bonchev–Trinajstić information content (AvgIpc) is 3.05. The molecule has 0 radical (unpaired) electrons. The minimum Gasteiger partial charge on any atom is -0.486 e. The van der Waals surface area contributed by atoms with E-state index in [2.05, 4.69) is 0 Å². The lowest BCUT2D eigenvalue weighted by molar-refractivity contribution is -0.385. The van der Waals surface area contributed by atoms with E-state index >= 15 is 0 Å². The fourth-order valence-corrected chi connectivity index (χ4v) is 5.04. The molecule has 0 aromatic heterocycles. The molecule has 180 valence electrons. The molecule has 35 heavy (non-hydrogen) atoms. The lowest BCUT2D eigenvalue weighted by Crippen LogP contribution is -2.54. The van der Waals surface area contributed by atoms with Gasteiger partial charge in [0.2, 0.25) is 5.91 Å². The second-order valence-corrected chi connectivity index (χ2v) is 9.35. The van der Waals surface area contributed by atoms with Gasteiger partial charge in [0, 0.05) is 32.0 Å². The summed E-state index contributed by atoms with van der Waals surface area (Å²) in [5.41, 5.74) is 1.12. The van der Waals surface area contributed by atoms with Gasteiger partial charge in [0.25, 0.3) is 17.5 Å². The molecule has 5 rings (SSSR count). The Morgan fingerprint density at radius 1 is 1.06 bits per heavy atom. The van der Waals surface area contributed by atoms with Crippen LogP contribution in [0.15, 0.2) is 30.3 Å². The Labute approximate surface area is 200 Å². The minimum atomic E-state index is -0.845. The van der Waals surface area contributed by atoms with Crippen LogP contribution in [0.1, 0.15) is 61.5 Å². The van der Waals surface area contributed by atoms with Crippen molar-refractivity contribution in [3.05, 3.63) is 68.3 Å². The summed E-state index contributed by atoms with van der Waals surface area (Å²) in [6.07, 6.45) is 1.10. The van der Waals surface area contributed by atoms with E-state index in [-0.39, 0.29) is 23.3 Å². The van der Waals surface area contributed by atoms with E-state index in [0.717, 1.165) is 22.1 Å². The Morgan fingerprint density at radius 2 is 1.74 bits per heavy atom. The number of aryl methyl sites for hydroxylation is 2. The molecule has 2 aromatic rings. The highest BCUT2D eigenvalue weighted by atomic mass is 16.6. The molecule has 0 N–H and O–H groups in total. The monoisotopic (exact) mass is 477 g/mol. The number of ketones is 1. The zero-order valence-electron chi connectivity index (χ0n) is 19.3. The summed E-state index contributed by atoms with van der Waals surface area (Å²) in [7, 11) is 0. The average molecular weight is 477 g/mol. The van der Waals surface area contributed by atoms with E-state index in [1.54, 1.807) is 0 Å². The van der Waals surface area contributed by atoms with Gasteiger partial charge >= 0.3 is 0 Å². The van der Waals surface area contributed by atoms with Crippen molar-refractivity contribution in [1.29, 1.82) is 0 Å². The summed E-state index contributed by atoms with van der Waals surface area (Å²) < 4.78 is 6.30. The predicted molar refractivity (Wildman–Crippen MR) is 122 cm³/mol. The number of ether oxygens (including phenoxy) is 1. The molecule has 1 fully saturated rings. The maximum Gasteiger partial charge on any atom is 0.282 e. The van der Waals surface area contributed by atoms with Crippen molar-refractivity contribution in [2.45, 2.75) is 38.7 Å². The number of piperidine rings is 1. The van der Waals surface area contributed by atoms with Gasteiger partial charge in [-0.2, -0.15) is 0 Å². The van der Waals surface area contributed by atoms with Crippen molar-refractivity contribution >= 4 is 29.2 Å². The Hall–Kier alpha value is -4.08. The molecule has 0 saturated carbocycles. The number of carbonyl (C=O) groups is 4. The van der Waals surface area contributed by atoms with E-state index in [4.69, 9.17) is 4.74 Å². The first-order valence-corrected chi connectivity index (χ1v) is 11.3. The van der Waals surface area contributed by atoms with Gasteiger partial charge in [-0.3, -0.25) is 34.2 Å². The Morgan fingerprint density at radius 3 is 2.43 bits per heavy atom. The van der Waals surface area contributed by atoms with Crippen molar-refractivity contribution < 1.29 is 28.8 Å². The summed E-state index contributed by atoms with van der Waals surface area (Å²) in [5, 5.41) is 11.3. The first-order valence-electron chi connectivity index (χ1n) is 11.3. The first-order chi connectivity index (χ1) is 16.6. The number of likely N-dealkylation sites (tertiary alicyclic amines) is 1. The number of nitro groups is 1. The number of benzene rings is 2. The highest BCUT2D eigenvalue weighted by Gasteiger charge is 2.45. The molecule has 3 aliphatic rings. The predicted octanol–water partition coefficient (Wildman–Crippen LogP) is 2.83. The molecule has 0 aliphatic carbocycles. The van der Waals surface area contributed by atoms with E-state index in [1.165, 1.54) is 17.0 Å². The molecule has 1 spiro atoms. The van der Waals surface area contributed by atoms with Crippen molar-refractivity contribution in [1.82, 2.24) is 9.80 Å². The highest BCUT2D eigenvalue weighted by Crippen LogP contribution is 2.40. The molecule has 1 saturated heterocycles. The summed E-state index contributed by atoms with van der Waals surface area (Å²) in [6, 6.07) is 7.57. The van der Waals surface area contributed by atoms with Crippen LogP contribution in [0.25, 0.3) is 0 Å². The molecule has 2 aromatic carbocycles. The number of hydrogen-bond donors (Lipinski definition) is 0. The normalized spacial score (nSPS) is 18.4. The number of fused-ring (bicyclic) bond motifs is 2. The number of rotatable bonds is 3. The third kappa shape index (κ3) is 3.65. The maximum atomic E-state index is 13.0. The second kappa shape index (κ2) is 8.00. The third-order valence-corrected chi connectivity index (χ3v) is 7.20. The molecule has 3 heterocycles. The van der Waals surface area contributed by atoms with Crippen molar-refractivity contribution in [2.75, 3.05) is 19.6 Å². The number of hydrogen-bond acceptors (Lipinski definition) is 7. The van der Waals surface area contributed by atoms with Crippen LogP contribution in [0.2, 0.25) is 0 Å². The standard InChI is InChI=1S/C25H23N3O7/c1-14-10-17-19(29)12-25(35-20(17)11-15(14)2)6-8-26(9-7-25)21(30)13-27-23(31)16-4-3-5-18(28(33)34)22(16)24(27)32/h3-5,10-11H,6-9,12-13H2,1-2H3. The molecule has 0 unspecified atom stereocenters. The minimum absolute atomic E-state index is 0.0155. The number of carbonyl (C=O) groups excluding carboxylic acids is 4. The van der Waals surface area contributed by atoms with Gasteiger partial charge in [0.05, 0.1) is 22.5 Å². The summed E-state index contributed by atoms with van der Waals surface area (Å²) in [6.45, 7) is 4.01. The largest absolute Gasteiger partial charge is 0.486 e. The SMILES string of the molecule is Cc1cc2c(cc1C)C(=O)CC1(CCN(C(=O)CN3C(=O)c4cccc([N+](=O)[O-])c4C3=O)CC1)O2. The Bertz CT molecular complexity index is 1320. The maximum absolute atomic E-state index is 13.0. The summed E-state index contributed by atoms with van der Waals surface area (Å²) in [4.78, 5) is 64.1. The zero-order valence-corrected chi connectivity index (χ0v) is 19.3. The van der Waals surface area contributed by atoms with Gasteiger partial charge in [0.1, 0.15) is 23.5 Å². The van der Waals surface area contributed by atoms with Gasteiger partial charge in [0.15, 0.2) is 5.78 Å². The van der Waals surface area contributed by atoms with Crippen LogP contribution < -0.4 is 4.74 Å². The fraction of sp³-hybridized carbons (Fsp3) is 0.360. The van der Waals surface area contributed by atoms with Gasteiger partial charge < -0.3 is 9.64 Å². The molecular formula is C25H23N3O7. The molecule has 3 aliphatic heterocycles. The van der Waals surface area contributed by atoms with Gasteiger partial charge in [-0.15, -0.1) is 0 Å². The number of nitro benzene ring substituents is 1. The first kappa shape index (κ1) is 22.7. The van der Waals surface area contributed by atoms with Crippen LogP contribution in [-0.4, -0.2) is 63.5 Å². The third-order valence-electron chi connectivity index (χ3n) is 7.20. The molecule has 3 amide bonds. The van der Waals surface area contributed by atoms with E-state index in [1.807, 2.05) is 26.0 Å². The lowest BCUT2D eigenvalue weighted by Gasteiger charge is -2.44. The summed E-state index contributed by atoms with van der Waals surface area (Å²) >= 11 is 0. The van der Waals surface area contributed by atoms with Gasteiger partial charge in [-0.25, -0.2) is 0 Å². The zero-order chi connectivity index (χ0) is 25.1. The Kier molecular flexibility index (Phi) is 5.19. The smallest absolute Gasteiger partial charge is 0.282 e. The number of amides is 3. The molecular weight excluding hydrogens is 454 g/mol. The fourth-order valence-electron chi connectivity index (χ4n) is 5.04. The van der Waals surface area contributed by atoms with Crippen LogP contribution in [0, 0.1) is 24.0 Å². The molecule has 0 atom stereocenters. The van der Waals surface area contributed by atoms with Crippen molar-refractivity contribution in [3.63, 3.8) is 0 Å². The van der Waals surface area contributed by atoms with Crippen LogP contribution >= 0.6 is 0 Å². The number of imide groups is 1. The Balaban J connectivity index is 1.27. The molecule has 0 bridgehead atoms. The summed E-state index contributed by atoms with van der Waals surface area (Å²) in [5.74, 6) is -1.42. The second-order valence-electron chi connectivity index (χ2n) is 9.35. The van der Waals surface area contributed by atoms with Gasteiger partial charge in [-0.1, -0.05) is 6.07 Å². The topological polar surface area (TPSA) is 127 Å².